The molecule has 1 aliphatic carbocycles. The minimum atomic E-state index is -0.301. The van der Waals surface area contributed by atoms with Gasteiger partial charge in [0, 0.05) is 36.2 Å². The molecule has 0 fully saturated rings. The maximum Gasteiger partial charge on any atom is 0.348 e. The number of thioether (sulfide) groups is 1. The summed E-state index contributed by atoms with van der Waals surface area (Å²) in [6.07, 6.45) is 4.32. The Balaban J connectivity index is 1.72. The van der Waals surface area contributed by atoms with Crippen molar-refractivity contribution in [3.63, 3.8) is 0 Å². The number of amides is 1. The second kappa shape index (κ2) is 9.75. The second-order valence-corrected chi connectivity index (χ2v) is 7.59. The third kappa shape index (κ3) is 4.94. The first-order valence-electron chi connectivity index (χ1n) is 9.42. The van der Waals surface area contributed by atoms with E-state index in [-0.39, 0.29) is 24.0 Å². The largest absolute Gasteiger partial charge is 0.497 e. The zero-order valence-electron chi connectivity index (χ0n) is 15.9. The molecule has 1 amide bonds. The van der Waals surface area contributed by atoms with Crippen LogP contribution in [0.4, 0.5) is 5.69 Å². The van der Waals surface area contributed by atoms with Crippen LogP contribution in [0.15, 0.2) is 34.1 Å². The van der Waals surface area contributed by atoms with Crippen molar-refractivity contribution in [1.29, 1.82) is 0 Å². The van der Waals surface area contributed by atoms with E-state index in [4.69, 9.17) is 9.84 Å². The molecule has 0 unspecified atom stereocenters. The van der Waals surface area contributed by atoms with Gasteiger partial charge in [-0.15, -0.1) is 0 Å². The van der Waals surface area contributed by atoms with E-state index in [1.807, 2.05) is 12.1 Å². The van der Waals surface area contributed by atoms with Crippen LogP contribution < -0.4 is 15.7 Å². The van der Waals surface area contributed by atoms with Gasteiger partial charge in [-0.1, -0.05) is 17.8 Å². The van der Waals surface area contributed by atoms with E-state index in [9.17, 15) is 9.59 Å². The number of anilines is 1. The van der Waals surface area contributed by atoms with E-state index >= 15 is 0 Å². The van der Waals surface area contributed by atoms with Crippen LogP contribution in [0, 0.1) is 0 Å². The molecule has 0 saturated heterocycles. The van der Waals surface area contributed by atoms with Gasteiger partial charge < -0.3 is 15.2 Å². The molecule has 28 heavy (non-hydrogen) atoms. The average Bonchev–Trinajstić information content (AvgIpc) is 2.71. The monoisotopic (exact) mass is 403 g/mol. The average molecular weight is 404 g/mol. The van der Waals surface area contributed by atoms with Gasteiger partial charge >= 0.3 is 5.69 Å². The van der Waals surface area contributed by atoms with E-state index in [0.29, 0.717) is 29.4 Å². The van der Waals surface area contributed by atoms with Crippen molar-refractivity contribution in [1.82, 2.24) is 9.55 Å². The summed E-state index contributed by atoms with van der Waals surface area (Å²) < 4.78 is 6.85. The normalized spacial score (nSPS) is 13.1. The van der Waals surface area contributed by atoms with Crippen molar-refractivity contribution in [3.05, 3.63) is 46.0 Å². The van der Waals surface area contributed by atoms with Gasteiger partial charge in [0.2, 0.25) is 5.91 Å². The highest BCUT2D eigenvalue weighted by molar-refractivity contribution is 8.00. The molecule has 0 radical (unpaired) electrons. The van der Waals surface area contributed by atoms with Crippen LogP contribution in [0.3, 0.4) is 0 Å². The maximum atomic E-state index is 12.5. The topological polar surface area (TPSA) is 93.5 Å². The van der Waals surface area contributed by atoms with Crippen molar-refractivity contribution in [3.8, 4) is 5.75 Å². The lowest BCUT2D eigenvalue weighted by Crippen LogP contribution is -2.30. The summed E-state index contributed by atoms with van der Waals surface area (Å²) in [7, 11) is 1.58. The first kappa shape index (κ1) is 20.4. The maximum absolute atomic E-state index is 12.5. The Morgan fingerprint density at radius 3 is 2.96 bits per heavy atom. The van der Waals surface area contributed by atoms with Crippen molar-refractivity contribution in [2.45, 2.75) is 43.7 Å². The number of hydrogen-bond donors (Lipinski definition) is 2. The number of ether oxygens (including phenoxy) is 1. The van der Waals surface area contributed by atoms with Crippen molar-refractivity contribution >= 4 is 23.4 Å². The third-order valence-electron chi connectivity index (χ3n) is 4.68. The zero-order valence-corrected chi connectivity index (χ0v) is 16.8. The quantitative estimate of drug-likeness (QED) is 0.519. The molecule has 150 valence electrons. The molecule has 1 aliphatic rings. The molecule has 0 bridgehead atoms. The molecule has 2 N–H and O–H groups in total. The van der Waals surface area contributed by atoms with Crippen LogP contribution in [0.5, 0.6) is 5.75 Å². The van der Waals surface area contributed by atoms with Crippen LogP contribution in [0.2, 0.25) is 0 Å². The van der Waals surface area contributed by atoms with Crippen LogP contribution >= 0.6 is 11.8 Å². The Labute approximate surface area is 168 Å². The van der Waals surface area contributed by atoms with Crippen LogP contribution in [-0.2, 0) is 24.2 Å². The third-order valence-corrected chi connectivity index (χ3v) is 5.70. The minimum Gasteiger partial charge on any atom is -0.497 e. The Morgan fingerprint density at radius 2 is 2.18 bits per heavy atom. The fraction of sp³-hybridized carbons (Fsp3) is 0.450. The van der Waals surface area contributed by atoms with Crippen LogP contribution in [-0.4, -0.2) is 40.0 Å². The number of aromatic nitrogens is 2. The number of rotatable bonds is 8. The van der Waals surface area contributed by atoms with Crippen LogP contribution in [0.1, 0.15) is 30.5 Å². The number of aliphatic hydroxyl groups excluding tert-OH is 1. The molecule has 0 atom stereocenters. The highest BCUT2D eigenvalue weighted by Crippen LogP contribution is 2.28. The summed E-state index contributed by atoms with van der Waals surface area (Å²) in [5.41, 5.74) is 2.45. The predicted octanol–water partition coefficient (Wildman–Crippen LogP) is 2.24. The smallest absolute Gasteiger partial charge is 0.348 e. The molecule has 1 heterocycles. The number of methoxy groups -OCH3 is 1. The van der Waals surface area contributed by atoms with Gasteiger partial charge in [0.15, 0.2) is 0 Å². The number of nitrogens with one attached hydrogen (secondary N) is 1. The van der Waals surface area contributed by atoms with Gasteiger partial charge in [-0.25, -0.2) is 4.79 Å². The zero-order chi connectivity index (χ0) is 19.9. The molecule has 7 nitrogen and oxygen atoms in total. The molecule has 1 aromatic heterocycles. The molecule has 0 saturated carbocycles. The molecule has 1 aromatic carbocycles. The highest BCUT2D eigenvalue weighted by Gasteiger charge is 2.21. The molecule has 0 aliphatic heterocycles. The Hall–Kier alpha value is -2.32. The lowest BCUT2D eigenvalue weighted by atomic mass is 9.97. The van der Waals surface area contributed by atoms with Gasteiger partial charge in [-0.05, 0) is 44.2 Å². The van der Waals surface area contributed by atoms with E-state index < -0.39 is 0 Å². The number of nitrogens with zero attached hydrogens (tertiary/aromatic N) is 2. The summed E-state index contributed by atoms with van der Waals surface area (Å²) >= 11 is 1.30. The van der Waals surface area contributed by atoms with E-state index in [2.05, 4.69) is 10.3 Å². The number of hydrogen-bond acceptors (Lipinski definition) is 6. The number of fused-ring (bicyclic) bond motifs is 1. The van der Waals surface area contributed by atoms with Gasteiger partial charge in [-0.2, -0.15) is 4.98 Å². The molecule has 0 spiro atoms. The highest BCUT2D eigenvalue weighted by atomic mass is 32.2. The van der Waals surface area contributed by atoms with Gasteiger partial charge in [0.1, 0.15) is 10.8 Å². The molecular formula is C20H25N3O4S. The SMILES string of the molecule is COc1cccc(NC(=O)CSc2nc(=O)n(CCCO)c3c2CCCC3)c1. The van der Waals surface area contributed by atoms with E-state index in [1.165, 1.54) is 11.8 Å². The first-order chi connectivity index (χ1) is 13.6. The molecule has 3 rings (SSSR count). The predicted molar refractivity (Wildman–Crippen MR) is 109 cm³/mol. The lowest BCUT2D eigenvalue weighted by molar-refractivity contribution is -0.113. The summed E-state index contributed by atoms with van der Waals surface area (Å²) in [5.74, 6) is 0.693. The first-order valence-corrected chi connectivity index (χ1v) is 10.4. The van der Waals surface area contributed by atoms with Crippen LogP contribution in [0.25, 0.3) is 0 Å². The van der Waals surface area contributed by atoms with Crippen molar-refractivity contribution in [2.75, 3.05) is 24.8 Å². The summed E-state index contributed by atoms with van der Waals surface area (Å²) in [4.78, 5) is 29.0. The fourth-order valence-electron chi connectivity index (χ4n) is 3.36. The number of carbonyl (C=O) groups is 1. The Kier molecular flexibility index (Phi) is 7.11. The standard InChI is InChI=1S/C20H25N3O4S/c1-27-15-7-4-6-14(12-15)21-18(25)13-28-19-16-8-2-3-9-17(16)23(10-5-11-24)20(26)22-19/h4,6-7,12,24H,2-3,5,8-11,13H2,1H3,(H,21,25). The Morgan fingerprint density at radius 1 is 1.36 bits per heavy atom. The molecule has 2 aromatic rings. The number of aliphatic hydroxyl groups is 1. The fourth-order valence-corrected chi connectivity index (χ4v) is 4.24. The number of benzene rings is 1. The van der Waals surface area contributed by atoms with Crippen molar-refractivity contribution in [2.24, 2.45) is 0 Å². The molecule has 8 heteroatoms. The number of carbonyl (C=O) groups excluding carboxylic acids is 1. The lowest BCUT2D eigenvalue weighted by Gasteiger charge is -2.22. The summed E-state index contributed by atoms with van der Waals surface area (Å²) in [5, 5.41) is 12.6. The summed E-state index contributed by atoms with van der Waals surface area (Å²) in [6, 6.07) is 7.18. The van der Waals surface area contributed by atoms with Crippen molar-refractivity contribution < 1.29 is 14.6 Å². The van der Waals surface area contributed by atoms with Gasteiger partial charge in [-0.3, -0.25) is 9.36 Å². The van der Waals surface area contributed by atoms with E-state index in [0.717, 1.165) is 36.9 Å². The Bertz CT molecular complexity index is 898. The van der Waals surface area contributed by atoms with Gasteiger partial charge in [0.25, 0.3) is 0 Å². The minimum absolute atomic E-state index is 0.0438. The van der Waals surface area contributed by atoms with Gasteiger partial charge in [0.05, 0.1) is 12.9 Å². The second-order valence-electron chi connectivity index (χ2n) is 6.63. The van der Waals surface area contributed by atoms with E-state index in [1.54, 1.807) is 23.8 Å². The molecular weight excluding hydrogens is 378 g/mol. The summed E-state index contributed by atoms with van der Waals surface area (Å²) in [6.45, 7) is 0.522.